The van der Waals surface area contributed by atoms with E-state index in [0.717, 1.165) is 6.42 Å². The Hall–Kier alpha value is -0.900. The van der Waals surface area contributed by atoms with Crippen molar-refractivity contribution in [2.45, 2.75) is 58.5 Å². The summed E-state index contributed by atoms with van der Waals surface area (Å²) >= 11 is 0. The predicted octanol–water partition coefficient (Wildman–Crippen LogP) is 1.55. The van der Waals surface area contributed by atoms with Gasteiger partial charge in [0.15, 0.2) is 0 Å². The summed E-state index contributed by atoms with van der Waals surface area (Å²) in [6.45, 7) is 6.85. The molecule has 4 nitrogen and oxygen atoms in total. The monoisotopic (exact) mass is 252 g/mol. The Morgan fingerprint density at radius 3 is 2.50 bits per heavy atom. The lowest BCUT2D eigenvalue weighted by atomic mass is 9.70. The lowest BCUT2D eigenvalue weighted by Crippen LogP contribution is -2.48. The number of rotatable bonds is 2. The molecule has 2 aliphatic rings. The van der Waals surface area contributed by atoms with E-state index in [4.69, 9.17) is 0 Å². The minimum Gasteiger partial charge on any atom is -0.302 e. The number of nitrogens with zero attached hydrogens (tertiary/aromatic N) is 1. The van der Waals surface area contributed by atoms with Gasteiger partial charge in [-0.25, -0.2) is 0 Å². The van der Waals surface area contributed by atoms with Gasteiger partial charge in [-0.3, -0.25) is 14.5 Å². The quantitative estimate of drug-likeness (QED) is 0.759. The van der Waals surface area contributed by atoms with Crippen LogP contribution in [-0.2, 0) is 9.59 Å². The van der Waals surface area contributed by atoms with Crippen LogP contribution in [0.25, 0.3) is 0 Å². The third-order valence-corrected chi connectivity index (χ3v) is 4.49. The van der Waals surface area contributed by atoms with E-state index < -0.39 is 0 Å². The van der Waals surface area contributed by atoms with Crippen molar-refractivity contribution < 1.29 is 9.59 Å². The maximum absolute atomic E-state index is 11.9. The number of amides is 2. The third kappa shape index (κ3) is 2.58. The average molecular weight is 252 g/mol. The van der Waals surface area contributed by atoms with Gasteiger partial charge in [-0.15, -0.1) is 0 Å². The van der Waals surface area contributed by atoms with Gasteiger partial charge in [0.1, 0.15) is 0 Å². The lowest BCUT2D eigenvalue weighted by molar-refractivity contribution is -0.137. The molecule has 0 spiro atoms. The van der Waals surface area contributed by atoms with E-state index in [9.17, 15) is 9.59 Å². The molecule has 1 saturated carbocycles. The Morgan fingerprint density at radius 1 is 1.33 bits per heavy atom. The van der Waals surface area contributed by atoms with Crippen molar-refractivity contribution in [3.05, 3.63) is 0 Å². The Labute approximate surface area is 109 Å². The predicted molar refractivity (Wildman–Crippen MR) is 69.9 cm³/mol. The van der Waals surface area contributed by atoms with Crippen LogP contribution in [0.15, 0.2) is 0 Å². The highest BCUT2D eigenvalue weighted by molar-refractivity contribution is 6.05. The van der Waals surface area contributed by atoms with Crippen molar-refractivity contribution in [2.75, 3.05) is 7.05 Å². The van der Waals surface area contributed by atoms with E-state index >= 15 is 0 Å². The molecule has 3 unspecified atom stereocenters. The van der Waals surface area contributed by atoms with E-state index in [-0.39, 0.29) is 17.9 Å². The van der Waals surface area contributed by atoms with Crippen LogP contribution in [0, 0.1) is 11.3 Å². The van der Waals surface area contributed by atoms with Crippen molar-refractivity contribution in [1.29, 1.82) is 0 Å². The first kappa shape index (κ1) is 13.5. The van der Waals surface area contributed by atoms with Crippen LogP contribution < -0.4 is 5.32 Å². The fourth-order valence-corrected chi connectivity index (χ4v) is 3.34. The molecule has 102 valence electrons. The van der Waals surface area contributed by atoms with Gasteiger partial charge in [0.25, 0.3) is 0 Å². The summed E-state index contributed by atoms with van der Waals surface area (Å²) in [4.78, 5) is 24.6. The Bertz CT molecular complexity index is 365. The van der Waals surface area contributed by atoms with Crippen LogP contribution in [0.3, 0.4) is 0 Å². The minimum atomic E-state index is -0.295. The van der Waals surface area contributed by atoms with E-state index in [2.05, 4.69) is 26.1 Å². The van der Waals surface area contributed by atoms with Crippen molar-refractivity contribution >= 4 is 11.8 Å². The van der Waals surface area contributed by atoms with Gasteiger partial charge in [0.05, 0.1) is 12.5 Å². The molecule has 1 heterocycles. The summed E-state index contributed by atoms with van der Waals surface area (Å²) < 4.78 is 0. The van der Waals surface area contributed by atoms with Crippen molar-refractivity contribution in [1.82, 2.24) is 10.2 Å². The van der Waals surface area contributed by atoms with Crippen LogP contribution in [0.4, 0.5) is 0 Å². The normalized spacial score (nSPS) is 36.2. The van der Waals surface area contributed by atoms with E-state index in [1.807, 2.05) is 0 Å². The number of imide groups is 1. The molecule has 2 fully saturated rings. The maximum Gasteiger partial charge on any atom is 0.246 e. The molecular weight excluding hydrogens is 228 g/mol. The molecule has 1 aliphatic carbocycles. The summed E-state index contributed by atoms with van der Waals surface area (Å²) in [6, 6.07) is 0.0717. The maximum atomic E-state index is 11.9. The van der Waals surface area contributed by atoms with E-state index in [1.54, 1.807) is 7.05 Å². The second kappa shape index (κ2) is 4.65. The molecule has 1 aliphatic heterocycles. The topological polar surface area (TPSA) is 49.4 Å². The van der Waals surface area contributed by atoms with Crippen molar-refractivity contribution in [3.8, 4) is 0 Å². The molecule has 0 aromatic carbocycles. The number of hydrogen-bond acceptors (Lipinski definition) is 3. The summed E-state index contributed by atoms with van der Waals surface area (Å²) in [7, 11) is 1.57. The molecule has 0 aromatic heterocycles. The first-order valence-electron chi connectivity index (χ1n) is 6.86. The molecule has 0 radical (unpaired) electrons. The van der Waals surface area contributed by atoms with Crippen LogP contribution in [0.5, 0.6) is 0 Å². The standard InChI is InChI=1S/C14H24N2O2/c1-9-8-14(2,3)6-5-10(9)15-11-7-12(17)16(4)13(11)18/h9-11,15H,5-8H2,1-4H3. The Balaban J connectivity index is 1.95. The van der Waals surface area contributed by atoms with Gasteiger partial charge in [-0.1, -0.05) is 20.8 Å². The van der Waals surface area contributed by atoms with Gasteiger partial charge in [-0.2, -0.15) is 0 Å². The number of carbonyl (C=O) groups excluding carboxylic acids is 2. The summed E-state index contributed by atoms with van der Waals surface area (Å²) in [5, 5.41) is 3.40. The number of likely N-dealkylation sites (N-methyl/N-ethyl adjacent to an activating group) is 1. The van der Waals surface area contributed by atoms with Gasteiger partial charge >= 0.3 is 0 Å². The highest BCUT2D eigenvalue weighted by Crippen LogP contribution is 2.38. The number of carbonyl (C=O) groups is 2. The van der Waals surface area contributed by atoms with E-state index in [1.165, 1.54) is 17.7 Å². The van der Waals surface area contributed by atoms with Gasteiger partial charge in [0.2, 0.25) is 11.8 Å². The molecule has 1 N–H and O–H groups in total. The first-order chi connectivity index (χ1) is 8.30. The SMILES string of the molecule is CC1CC(C)(C)CCC1NC1CC(=O)N(C)C1=O. The average Bonchev–Trinajstić information content (AvgIpc) is 2.50. The second-order valence-electron chi connectivity index (χ2n) is 6.71. The molecule has 0 bridgehead atoms. The Kier molecular flexibility index (Phi) is 3.49. The summed E-state index contributed by atoms with van der Waals surface area (Å²) in [5.41, 5.74) is 0.407. The zero-order chi connectivity index (χ0) is 13.5. The molecule has 2 rings (SSSR count). The zero-order valence-corrected chi connectivity index (χ0v) is 11.8. The van der Waals surface area contributed by atoms with Crippen LogP contribution >= 0.6 is 0 Å². The number of likely N-dealkylation sites (tertiary alicyclic amines) is 1. The van der Waals surface area contributed by atoms with Crippen LogP contribution in [0.2, 0.25) is 0 Å². The highest BCUT2D eigenvalue weighted by atomic mass is 16.2. The van der Waals surface area contributed by atoms with Crippen LogP contribution in [0.1, 0.15) is 46.5 Å². The largest absolute Gasteiger partial charge is 0.302 e. The molecule has 4 heteroatoms. The Morgan fingerprint density at radius 2 is 2.00 bits per heavy atom. The number of hydrogen-bond donors (Lipinski definition) is 1. The molecule has 1 saturated heterocycles. The fraction of sp³-hybridized carbons (Fsp3) is 0.857. The van der Waals surface area contributed by atoms with Crippen molar-refractivity contribution in [3.63, 3.8) is 0 Å². The summed E-state index contributed by atoms with van der Waals surface area (Å²) in [5.74, 6) is 0.417. The molecule has 3 atom stereocenters. The highest BCUT2D eigenvalue weighted by Gasteiger charge is 2.40. The fourth-order valence-electron chi connectivity index (χ4n) is 3.34. The molecule has 2 amide bonds. The minimum absolute atomic E-state index is 0.0682. The summed E-state index contributed by atoms with van der Waals surface area (Å²) in [6.07, 6.45) is 3.77. The lowest BCUT2D eigenvalue weighted by Gasteiger charge is -2.40. The van der Waals surface area contributed by atoms with Gasteiger partial charge < -0.3 is 5.32 Å². The first-order valence-corrected chi connectivity index (χ1v) is 6.86. The second-order valence-corrected chi connectivity index (χ2v) is 6.71. The molecular formula is C14H24N2O2. The molecule has 0 aromatic rings. The molecule has 18 heavy (non-hydrogen) atoms. The van der Waals surface area contributed by atoms with Crippen LogP contribution in [-0.4, -0.2) is 35.8 Å². The third-order valence-electron chi connectivity index (χ3n) is 4.49. The number of nitrogens with one attached hydrogen (secondary N) is 1. The van der Waals surface area contributed by atoms with E-state index in [0.29, 0.717) is 23.8 Å². The van der Waals surface area contributed by atoms with Crippen molar-refractivity contribution in [2.24, 2.45) is 11.3 Å². The smallest absolute Gasteiger partial charge is 0.246 e. The van der Waals surface area contributed by atoms with Gasteiger partial charge in [0, 0.05) is 13.1 Å². The zero-order valence-electron chi connectivity index (χ0n) is 11.8. The van der Waals surface area contributed by atoms with Gasteiger partial charge in [-0.05, 0) is 30.6 Å².